The van der Waals surface area contributed by atoms with Gasteiger partial charge < -0.3 is 29.5 Å². The van der Waals surface area contributed by atoms with Crippen molar-refractivity contribution in [3.63, 3.8) is 0 Å². The number of rotatable bonds is 9. The number of aliphatic hydroxyl groups excluding tert-OH is 2. The van der Waals surface area contributed by atoms with E-state index in [1.165, 1.54) is 18.9 Å². The Bertz CT molecular complexity index is 1770. The molecule has 5 aromatic rings. The summed E-state index contributed by atoms with van der Waals surface area (Å²) in [6.45, 7) is 0.226. The van der Waals surface area contributed by atoms with Crippen molar-refractivity contribution in [3.05, 3.63) is 73.3 Å². The minimum absolute atomic E-state index is 0.244. The number of aromatic nitrogens is 8. The van der Waals surface area contributed by atoms with Gasteiger partial charge in [-0.25, -0.2) is 9.36 Å². The van der Waals surface area contributed by atoms with E-state index in [1.54, 1.807) is 28.0 Å². The number of benzene rings is 2. The summed E-state index contributed by atoms with van der Waals surface area (Å²) in [6, 6.07) is 14.1. The molecule has 3 N–H and O–H groups in total. The van der Waals surface area contributed by atoms with E-state index in [-0.39, 0.29) is 12.4 Å². The van der Waals surface area contributed by atoms with Gasteiger partial charge in [0.1, 0.15) is 52.8 Å². The predicted octanol–water partition coefficient (Wildman–Crippen LogP) is 1.91. The van der Waals surface area contributed by atoms with Crippen LogP contribution in [0.25, 0.3) is 33.5 Å². The Morgan fingerprint density at radius 3 is 2.50 bits per heavy atom. The average Bonchev–Trinajstić information content (AvgIpc) is 3.79. The van der Waals surface area contributed by atoms with Gasteiger partial charge in [0.25, 0.3) is 0 Å². The number of ether oxygens (including phenoxy) is 3. The molecule has 240 valence electrons. The third-order valence-electron chi connectivity index (χ3n) is 8.65. The summed E-state index contributed by atoms with van der Waals surface area (Å²) in [4.78, 5) is 8.69. The fourth-order valence-electron chi connectivity index (χ4n) is 6.08. The summed E-state index contributed by atoms with van der Waals surface area (Å²) in [6.07, 6.45) is 4.43. The van der Waals surface area contributed by atoms with Crippen LogP contribution in [-0.2, 0) is 14.2 Å². The number of hydrogen-bond donors (Lipinski definition) is 3. The highest BCUT2D eigenvalue weighted by molar-refractivity contribution is 7.99. The lowest BCUT2D eigenvalue weighted by atomic mass is 9.91. The van der Waals surface area contributed by atoms with Crippen molar-refractivity contribution in [2.24, 2.45) is 0 Å². The molecule has 2 aromatic carbocycles. The molecule has 0 amide bonds. The van der Waals surface area contributed by atoms with Crippen molar-refractivity contribution in [2.75, 3.05) is 32.7 Å². The maximum absolute atomic E-state index is 12.0. The van der Waals surface area contributed by atoms with E-state index >= 15 is 0 Å². The van der Waals surface area contributed by atoms with Crippen LogP contribution in [0.1, 0.15) is 18.5 Å². The Morgan fingerprint density at radius 2 is 1.72 bits per heavy atom. The summed E-state index contributed by atoms with van der Waals surface area (Å²) in [5.74, 6) is 0.244. The molecule has 0 spiro atoms. The molecule has 0 aliphatic carbocycles. The minimum atomic E-state index is -1.22. The molecule has 7 unspecified atom stereocenters. The van der Waals surface area contributed by atoms with Crippen LogP contribution in [0.2, 0.25) is 0 Å². The predicted molar refractivity (Wildman–Crippen MR) is 167 cm³/mol. The summed E-state index contributed by atoms with van der Waals surface area (Å²) in [5, 5.41) is 50.9. The molecule has 15 heteroatoms. The van der Waals surface area contributed by atoms with Crippen LogP contribution in [0.5, 0.6) is 0 Å². The van der Waals surface area contributed by atoms with E-state index in [1.807, 2.05) is 54.7 Å². The molecule has 46 heavy (non-hydrogen) atoms. The van der Waals surface area contributed by atoms with Gasteiger partial charge in [0.05, 0.1) is 36.6 Å². The fourth-order valence-corrected chi connectivity index (χ4v) is 7.55. The molecule has 2 aliphatic rings. The van der Waals surface area contributed by atoms with E-state index in [9.17, 15) is 15.3 Å². The Kier molecular flexibility index (Phi) is 8.78. The smallest absolute Gasteiger partial charge is 0.132 e. The molecule has 0 bridgehead atoms. The highest BCUT2D eigenvalue weighted by Crippen LogP contribution is 2.41. The second kappa shape index (κ2) is 13.1. The maximum atomic E-state index is 12.0. The molecular weight excluding hydrogens is 612 g/mol. The van der Waals surface area contributed by atoms with E-state index in [2.05, 4.69) is 30.6 Å². The van der Waals surface area contributed by atoms with Gasteiger partial charge in [0, 0.05) is 49.4 Å². The number of nitrogens with zero attached hydrogens (tertiary/aromatic N) is 8. The number of thioether (sulfide) groups is 1. The lowest BCUT2D eigenvalue weighted by Gasteiger charge is -2.45. The monoisotopic (exact) mass is 646 g/mol. The zero-order valence-corrected chi connectivity index (χ0v) is 25.8. The van der Waals surface area contributed by atoms with Gasteiger partial charge in [-0.3, -0.25) is 9.97 Å². The van der Waals surface area contributed by atoms with Crippen LogP contribution >= 0.6 is 11.8 Å². The molecule has 7 rings (SSSR count). The molecule has 7 atom stereocenters. The average molecular weight is 647 g/mol. The van der Waals surface area contributed by atoms with E-state index in [0.29, 0.717) is 24.4 Å². The summed E-state index contributed by atoms with van der Waals surface area (Å²) < 4.78 is 21.1. The standard InChI is InChI=1S/C31H34N8O6S/c1-43-29-27(39-15-24(35-37-39)20-7-8-21-22(13-20)33-11-10-32-21)28(41)25(16-40)45-30(29)46-18-31(42)9-12-44-17-26(31)38-14-23(34-36-38)19-5-3-2-4-6-19/h2-8,10-11,13-15,25-30,40-42H,9,12,16-18H2,1H3. The Morgan fingerprint density at radius 1 is 0.978 bits per heavy atom. The SMILES string of the molecule is COC1C(SCC2(O)CCOCC2n2cc(-c3ccccc3)nn2)OC(CO)C(O)C1n1cc(-c2ccc3nccnc3c2)nn1. The Labute approximate surface area is 268 Å². The van der Waals surface area contributed by atoms with Crippen molar-refractivity contribution in [1.82, 2.24) is 40.0 Å². The summed E-state index contributed by atoms with van der Waals surface area (Å²) in [7, 11) is 1.53. The van der Waals surface area contributed by atoms with Gasteiger partial charge >= 0.3 is 0 Å². The zero-order valence-electron chi connectivity index (χ0n) is 25.0. The van der Waals surface area contributed by atoms with E-state index in [0.717, 1.165) is 22.2 Å². The first kappa shape index (κ1) is 30.8. The van der Waals surface area contributed by atoms with E-state index in [4.69, 9.17) is 14.2 Å². The first-order valence-corrected chi connectivity index (χ1v) is 16.0. The summed E-state index contributed by atoms with van der Waals surface area (Å²) in [5.41, 5.74) is 2.59. The molecular formula is C31H34N8O6S. The second-order valence-corrected chi connectivity index (χ2v) is 12.5. The van der Waals surface area contributed by atoms with Crippen LogP contribution in [0.15, 0.2) is 73.3 Å². The van der Waals surface area contributed by atoms with Gasteiger partial charge in [-0.15, -0.1) is 22.0 Å². The van der Waals surface area contributed by atoms with Gasteiger partial charge in [-0.1, -0.05) is 46.8 Å². The van der Waals surface area contributed by atoms with Crippen molar-refractivity contribution in [2.45, 2.75) is 47.9 Å². The Balaban J connectivity index is 1.12. The number of methoxy groups -OCH3 is 1. The topological polar surface area (TPSA) is 176 Å². The zero-order chi connectivity index (χ0) is 31.7. The molecule has 5 heterocycles. The lowest BCUT2D eigenvalue weighted by Crippen LogP contribution is -2.56. The molecule has 2 aliphatic heterocycles. The lowest BCUT2D eigenvalue weighted by molar-refractivity contribution is -0.186. The van der Waals surface area contributed by atoms with Crippen LogP contribution in [-0.4, -0.2) is 117 Å². The van der Waals surface area contributed by atoms with Crippen molar-refractivity contribution >= 4 is 22.8 Å². The third kappa shape index (κ3) is 5.90. The normalized spacial score (nSPS) is 28.4. The molecule has 2 saturated heterocycles. The van der Waals surface area contributed by atoms with Crippen molar-refractivity contribution < 1.29 is 29.5 Å². The third-order valence-corrected chi connectivity index (χ3v) is 10.0. The van der Waals surface area contributed by atoms with Gasteiger partial charge in [0.15, 0.2) is 0 Å². The maximum Gasteiger partial charge on any atom is 0.132 e. The second-order valence-electron chi connectivity index (χ2n) is 11.5. The largest absolute Gasteiger partial charge is 0.394 e. The number of fused-ring (bicyclic) bond motifs is 1. The highest BCUT2D eigenvalue weighted by Gasteiger charge is 2.49. The number of hydrogen-bond acceptors (Lipinski definition) is 13. The first-order valence-electron chi connectivity index (χ1n) is 15.0. The minimum Gasteiger partial charge on any atom is -0.394 e. The number of aliphatic hydroxyl groups is 3. The van der Waals surface area contributed by atoms with E-state index < -0.39 is 48.0 Å². The molecule has 0 saturated carbocycles. The molecule has 2 fully saturated rings. The fraction of sp³-hybridized carbons (Fsp3) is 0.419. The van der Waals surface area contributed by atoms with Crippen LogP contribution in [0, 0.1) is 0 Å². The molecule has 3 aromatic heterocycles. The van der Waals surface area contributed by atoms with Crippen molar-refractivity contribution in [3.8, 4) is 22.5 Å². The van der Waals surface area contributed by atoms with Gasteiger partial charge in [0.2, 0.25) is 0 Å². The Hall–Kier alpha value is -3.83. The molecule has 0 radical (unpaired) electrons. The van der Waals surface area contributed by atoms with Crippen LogP contribution in [0.3, 0.4) is 0 Å². The quantitative estimate of drug-likeness (QED) is 0.212. The van der Waals surface area contributed by atoms with Gasteiger partial charge in [-0.05, 0) is 12.1 Å². The first-order chi connectivity index (χ1) is 22.5. The van der Waals surface area contributed by atoms with Gasteiger partial charge in [-0.2, -0.15) is 0 Å². The van der Waals surface area contributed by atoms with Crippen LogP contribution in [0.4, 0.5) is 0 Å². The van der Waals surface area contributed by atoms with Crippen LogP contribution < -0.4 is 0 Å². The molecule has 14 nitrogen and oxygen atoms in total. The summed E-state index contributed by atoms with van der Waals surface area (Å²) >= 11 is 1.35. The highest BCUT2D eigenvalue weighted by atomic mass is 32.2. The van der Waals surface area contributed by atoms with Crippen molar-refractivity contribution in [1.29, 1.82) is 0 Å².